The molecule has 0 atom stereocenters. The topological polar surface area (TPSA) is 88.2 Å². The van der Waals surface area contributed by atoms with E-state index in [1.54, 1.807) is 6.20 Å². The summed E-state index contributed by atoms with van der Waals surface area (Å²) in [6, 6.07) is 6.16. The quantitative estimate of drug-likeness (QED) is 0.774. The maximum Gasteiger partial charge on any atom is 0.306 e. The van der Waals surface area contributed by atoms with Crippen LogP contribution >= 0.6 is 15.9 Å². The fraction of sp³-hybridized carbons (Fsp3) is 0.375. The Balaban J connectivity index is 1.83. The number of aromatic nitrogens is 1. The van der Waals surface area contributed by atoms with Crippen LogP contribution in [0.25, 0.3) is 10.9 Å². The fourth-order valence-corrected chi connectivity index (χ4v) is 3.39. The highest BCUT2D eigenvalue weighted by Crippen LogP contribution is 2.33. The standard InChI is InChI=1S/C16H18BrN3O2/c17-10-3-6-14-12(7-10)15(13(18)8-19-14)20-11-4-1-9(2-5-11)16(21)22/h3,6-9,11H,1-2,4-5,18H2,(H,19,20)(H,21,22). The van der Waals surface area contributed by atoms with Gasteiger partial charge in [-0.2, -0.15) is 0 Å². The minimum Gasteiger partial charge on any atom is -0.481 e. The number of carboxylic acids is 1. The Morgan fingerprint density at radius 3 is 2.73 bits per heavy atom. The van der Waals surface area contributed by atoms with E-state index >= 15 is 0 Å². The molecule has 0 radical (unpaired) electrons. The lowest BCUT2D eigenvalue weighted by atomic mass is 9.86. The van der Waals surface area contributed by atoms with E-state index in [4.69, 9.17) is 10.8 Å². The van der Waals surface area contributed by atoms with Crippen molar-refractivity contribution in [2.45, 2.75) is 31.7 Å². The molecule has 1 saturated carbocycles. The van der Waals surface area contributed by atoms with Crippen LogP contribution in [0, 0.1) is 5.92 Å². The molecular formula is C16H18BrN3O2. The summed E-state index contributed by atoms with van der Waals surface area (Å²) in [6.45, 7) is 0. The average Bonchev–Trinajstić information content (AvgIpc) is 2.51. The van der Waals surface area contributed by atoms with E-state index in [1.807, 2.05) is 18.2 Å². The number of rotatable bonds is 3. The van der Waals surface area contributed by atoms with Crippen molar-refractivity contribution >= 4 is 44.2 Å². The van der Waals surface area contributed by atoms with Crippen LogP contribution in [-0.2, 0) is 4.79 Å². The maximum atomic E-state index is 11.0. The van der Waals surface area contributed by atoms with Crippen LogP contribution in [0.4, 0.5) is 11.4 Å². The van der Waals surface area contributed by atoms with Gasteiger partial charge in [0.15, 0.2) is 0 Å². The number of carboxylic acid groups (broad SMARTS) is 1. The monoisotopic (exact) mass is 363 g/mol. The van der Waals surface area contributed by atoms with Crippen molar-refractivity contribution in [1.82, 2.24) is 4.98 Å². The molecule has 3 rings (SSSR count). The SMILES string of the molecule is Nc1cnc2ccc(Br)cc2c1NC1CCC(C(=O)O)CC1. The number of nitrogens with zero attached hydrogens (tertiary/aromatic N) is 1. The van der Waals surface area contributed by atoms with Gasteiger partial charge in [-0.1, -0.05) is 15.9 Å². The second-order valence-corrected chi connectivity index (χ2v) is 6.70. The van der Waals surface area contributed by atoms with E-state index in [0.29, 0.717) is 18.5 Å². The van der Waals surface area contributed by atoms with Crippen LogP contribution in [-0.4, -0.2) is 22.1 Å². The molecular weight excluding hydrogens is 346 g/mol. The third kappa shape index (κ3) is 3.02. The predicted octanol–water partition coefficient (Wildman–Crippen LogP) is 3.63. The van der Waals surface area contributed by atoms with Crippen LogP contribution in [0.2, 0.25) is 0 Å². The number of halogens is 1. The van der Waals surface area contributed by atoms with Gasteiger partial charge in [-0.3, -0.25) is 9.78 Å². The molecule has 0 amide bonds. The first-order valence-electron chi connectivity index (χ1n) is 7.37. The second-order valence-electron chi connectivity index (χ2n) is 5.78. The second kappa shape index (κ2) is 6.12. The Kier molecular flexibility index (Phi) is 4.20. The van der Waals surface area contributed by atoms with E-state index in [-0.39, 0.29) is 12.0 Å². The maximum absolute atomic E-state index is 11.0. The summed E-state index contributed by atoms with van der Waals surface area (Å²) in [6.07, 6.45) is 4.77. The van der Waals surface area contributed by atoms with Crippen molar-refractivity contribution in [3.05, 3.63) is 28.9 Å². The first-order chi connectivity index (χ1) is 10.5. The Hall–Kier alpha value is -1.82. The molecule has 0 saturated heterocycles. The van der Waals surface area contributed by atoms with Gasteiger partial charge in [0.2, 0.25) is 0 Å². The summed E-state index contributed by atoms with van der Waals surface area (Å²) in [5.41, 5.74) is 8.49. The molecule has 2 aromatic rings. The first-order valence-corrected chi connectivity index (χ1v) is 8.17. The lowest BCUT2D eigenvalue weighted by molar-refractivity contribution is -0.142. The highest BCUT2D eigenvalue weighted by atomic mass is 79.9. The van der Waals surface area contributed by atoms with Gasteiger partial charge in [0, 0.05) is 15.9 Å². The Bertz CT molecular complexity index is 707. The summed E-state index contributed by atoms with van der Waals surface area (Å²) in [7, 11) is 0. The molecule has 1 heterocycles. The minimum atomic E-state index is -0.684. The molecule has 0 spiro atoms. The molecule has 116 valence electrons. The van der Waals surface area contributed by atoms with Crippen LogP contribution in [0.3, 0.4) is 0 Å². The number of pyridine rings is 1. The van der Waals surface area contributed by atoms with Crippen molar-refractivity contribution in [3.8, 4) is 0 Å². The highest BCUT2D eigenvalue weighted by molar-refractivity contribution is 9.10. The number of nitrogen functional groups attached to an aromatic ring is 1. The molecule has 6 heteroatoms. The van der Waals surface area contributed by atoms with Gasteiger partial charge in [0.05, 0.1) is 29.0 Å². The molecule has 1 aromatic carbocycles. The van der Waals surface area contributed by atoms with Gasteiger partial charge in [0.1, 0.15) is 0 Å². The van der Waals surface area contributed by atoms with Gasteiger partial charge >= 0.3 is 5.97 Å². The van der Waals surface area contributed by atoms with Gasteiger partial charge in [-0.15, -0.1) is 0 Å². The molecule has 1 aliphatic rings. The zero-order valence-corrected chi connectivity index (χ0v) is 13.6. The molecule has 5 nitrogen and oxygen atoms in total. The number of anilines is 2. The number of hydrogen-bond acceptors (Lipinski definition) is 4. The highest BCUT2D eigenvalue weighted by Gasteiger charge is 2.26. The minimum absolute atomic E-state index is 0.210. The van der Waals surface area contributed by atoms with E-state index in [0.717, 1.165) is 33.9 Å². The van der Waals surface area contributed by atoms with Crippen molar-refractivity contribution in [1.29, 1.82) is 0 Å². The molecule has 4 N–H and O–H groups in total. The third-order valence-corrected chi connectivity index (χ3v) is 4.78. The van der Waals surface area contributed by atoms with Gasteiger partial charge in [0.25, 0.3) is 0 Å². The number of nitrogens with one attached hydrogen (secondary N) is 1. The van der Waals surface area contributed by atoms with Gasteiger partial charge < -0.3 is 16.2 Å². The van der Waals surface area contributed by atoms with Gasteiger partial charge in [-0.05, 0) is 43.9 Å². The van der Waals surface area contributed by atoms with Crippen LogP contribution in [0.1, 0.15) is 25.7 Å². The van der Waals surface area contributed by atoms with Gasteiger partial charge in [-0.25, -0.2) is 0 Å². The summed E-state index contributed by atoms with van der Waals surface area (Å²) in [4.78, 5) is 15.4. The number of carbonyl (C=O) groups is 1. The lowest BCUT2D eigenvalue weighted by Gasteiger charge is -2.28. The molecule has 0 aliphatic heterocycles. The van der Waals surface area contributed by atoms with Crippen molar-refractivity contribution in [2.24, 2.45) is 5.92 Å². The van der Waals surface area contributed by atoms with E-state index < -0.39 is 5.97 Å². The molecule has 22 heavy (non-hydrogen) atoms. The van der Waals surface area contributed by atoms with Crippen molar-refractivity contribution in [2.75, 3.05) is 11.1 Å². The largest absolute Gasteiger partial charge is 0.481 e. The summed E-state index contributed by atoms with van der Waals surface area (Å²) in [5.74, 6) is -0.894. The zero-order chi connectivity index (χ0) is 15.7. The normalized spacial score (nSPS) is 21.7. The number of hydrogen-bond donors (Lipinski definition) is 3. The molecule has 0 unspecified atom stereocenters. The first kappa shape index (κ1) is 15.1. The molecule has 1 fully saturated rings. The van der Waals surface area contributed by atoms with E-state index in [9.17, 15) is 4.79 Å². The van der Waals surface area contributed by atoms with Crippen molar-refractivity contribution in [3.63, 3.8) is 0 Å². The Labute approximate surface area is 137 Å². The average molecular weight is 364 g/mol. The Morgan fingerprint density at radius 1 is 1.32 bits per heavy atom. The molecule has 0 bridgehead atoms. The molecule has 1 aliphatic carbocycles. The molecule has 1 aromatic heterocycles. The van der Waals surface area contributed by atoms with Crippen LogP contribution in [0.5, 0.6) is 0 Å². The summed E-state index contributed by atoms with van der Waals surface area (Å²) < 4.78 is 0.977. The van der Waals surface area contributed by atoms with Crippen LogP contribution in [0.15, 0.2) is 28.9 Å². The predicted molar refractivity (Wildman–Crippen MR) is 90.9 cm³/mol. The summed E-state index contributed by atoms with van der Waals surface area (Å²) >= 11 is 3.48. The van der Waals surface area contributed by atoms with E-state index in [1.165, 1.54) is 0 Å². The van der Waals surface area contributed by atoms with Crippen molar-refractivity contribution < 1.29 is 9.90 Å². The number of benzene rings is 1. The third-order valence-electron chi connectivity index (χ3n) is 4.28. The number of fused-ring (bicyclic) bond motifs is 1. The number of aliphatic carboxylic acids is 1. The van der Waals surface area contributed by atoms with E-state index in [2.05, 4.69) is 26.2 Å². The lowest BCUT2D eigenvalue weighted by Crippen LogP contribution is -2.29. The smallest absolute Gasteiger partial charge is 0.306 e. The zero-order valence-electron chi connectivity index (χ0n) is 12.1. The van der Waals surface area contributed by atoms with Crippen LogP contribution < -0.4 is 11.1 Å². The summed E-state index contributed by atoms with van der Waals surface area (Å²) in [5, 5.41) is 13.6. The number of nitrogens with two attached hydrogens (primary N) is 1. The Morgan fingerprint density at radius 2 is 2.05 bits per heavy atom. The fourth-order valence-electron chi connectivity index (χ4n) is 3.03.